The number of amides is 1. The van der Waals surface area contributed by atoms with Gasteiger partial charge in [0.1, 0.15) is 5.76 Å². The van der Waals surface area contributed by atoms with Crippen molar-refractivity contribution in [2.24, 2.45) is 11.3 Å². The van der Waals surface area contributed by atoms with Crippen LogP contribution in [0.1, 0.15) is 56.5 Å². The molecule has 2 aliphatic heterocycles. The lowest BCUT2D eigenvalue weighted by Gasteiger charge is -2.28. The van der Waals surface area contributed by atoms with Crippen LogP contribution >= 0.6 is 0 Å². The van der Waals surface area contributed by atoms with E-state index in [-0.39, 0.29) is 11.3 Å². The van der Waals surface area contributed by atoms with Crippen molar-refractivity contribution >= 4 is 5.91 Å². The molecule has 150 valence electrons. The number of rotatable bonds is 6. The van der Waals surface area contributed by atoms with Gasteiger partial charge in [-0.2, -0.15) is 0 Å². The number of carbonyl (C=O) groups excluding carboxylic acids is 1. The molecule has 6 nitrogen and oxygen atoms in total. The van der Waals surface area contributed by atoms with Gasteiger partial charge in [-0.1, -0.05) is 0 Å². The molecule has 0 radical (unpaired) electrons. The highest BCUT2D eigenvalue weighted by molar-refractivity contribution is 5.86. The Morgan fingerprint density at radius 2 is 2.21 bits per heavy atom. The number of nitrogens with zero attached hydrogens (tertiary/aromatic N) is 4. The zero-order valence-electron chi connectivity index (χ0n) is 16.9. The smallest absolute Gasteiger partial charge is 0.230 e. The standard InChI is InChI=1S/C22H30N4O2/c1-16(2)26-13-20(23-15-26)19-12-24(11-18-4-3-9-28-18)14-22(19)7-8-25(21(22)27)10-17-5-6-17/h3-4,9,13,15-17,19H,5-8,10-12,14H2,1-2H3/t19-,22+/m1/s1. The van der Waals surface area contributed by atoms with E-state index >= 15 is 0 Å². The molecule has 1 spiro atoms. The summed E-state index contributed by atoms with van der Waals surface area (Å²) >= 11 is 0. The van der Waals surface area contributed by atoms with Crippen LogP contribution in [0.5, 0.6) is 0 Å². The minimum Gasteiger partial charge on any atom is -0.468 e. The Kier molecular flexibility index (Phi) is 4.34. The lowest BCUT2D eigenvalue weighted by Crippen LogP contribution is -2.40. The molecule has 2 atom stereocenters. The molecule has 3 aliphatic rings. The average Bonchev–Trinajstić information content (AvgIpc) is 3.09. The van der Waals surface area contributed by atoms with Crippen LogP contribution in [0.3, 0.4) is 0 Å². The highest BCUT2D eigenvalue weighted by Crippen LogP contribution is 2.50. The Morgan fingerprint density at radius 3 is 2.89 bits per heavy atom. The molecule has 3 fully saturated rings. The molecular weight excluding hydrogens is 352 g/mol. The Labute approximate surface area is 166 Å². The number of aromatic nitrogens is 2. The molecule has 28 heavy (non-hydrogen) atoms. The van der Waals surface area contributed by atoms with Gasteiger partial charge in [0.25, 0.3) is 0 Å². The van der Waals surface area contributed by atoms with Gasteiger partial charge in [-0.3, -0.25) is 9.69 Å². The molecule has 0 aromatic carbocycles. The summed E-state index contributed by atoms with van der Waals surface area (Å²) in [6, 6.07) is 4.33. The van der Waals surface area contributed by atoms with Crippen molar-refractivity contribution in [2.45, 2.75) is 51.6 Å². The number of hydrogen-bond acceptors (Lipinski definition) is 4. The molecule has 0 unspecified atom stereocenters. The summed E-state index contributed by atoms with van der Waals surface area (Å²) in [4.78, 5) is 22.9. The molecule has 1 amide bonds. The Hall–Kier alpha value is -2.08. The lowest BCUT2D eigenvalue weighted by molar-refractivity contribution is -0.136. The molecule has 2 saturated heterocycles. The summed E-state index contributed by atoms with van der Waals surface area (Å²) in [5, 5.41) is 0. The van der Waals surface area contributed by atoms with Gasteiger partial charge in [0.2, 0.25) is 5.91 Å². The van der Waals surface area contributed by atoms with Gasteiger partial charge in [-0.25, -0.2) is 4.98 Å². The van der Waals surface area contributed by atoms with Gasteiger partial charge in [0.15, 0.2) is 0 Å². The van der Waals surface area contributed by atoms with Crippen LogP contribution in [0, 0.1) is 11.3 Å². The predicted molar refractivity (Wildman–Crippen MR) is 106 cm³/mol. The van der Waals surface area contributed by atoms with E-state index in [1.54, 1.807) is 6.26 Å². The van der Waals surface area contributed by atoms with Gasteiger partial charge in [0, 0.05) is 44.3 Å². The first-order valence-corrected chi connectivity index (χ1v) is 10.6. The minimum atomic E-state index is -0.336. The van der Waals surface area contributed by atoms with Crippen molar-refractivity contribution in [2.75, 3.05) is 26.2 Å². The van der Waals surface area contributed by atoms with E-state index in [1.807, 2.05) is 18.5 Å². The zero-order valence-corrected chi connectivity index (χ0v) is 16.9. The van der Waals surface area contributed by atoms with E-state index in [1.165, 1.54) is 12.8 Å². The summed E-state index contributed by atoms with van der Waals surface area (Å²) in [5.41, 5.74) is 0.731. The minimum absolute atomic E-state index is 0.152. The number of imidazole rings is 1. The molecule has 0 N–H and O–H groups in total. The van der Waals surface area contributed by atoms with Crippen molar-refractivity contribution in [3.05, 3.63) is 42.4 Å². The van der Waals surface area contributed by atoms with Crippen molar-refractivity contribution in [3.63, 3.8) is 0 Å². The zero-order chi connectivity index (χ0) is 19.3. The third-order valence-corrected chi connectivity index (χ3v) is 6.86. The second-order valence-electron chi connectivity index (χ2n) is 9.24. The van der Waals surface area contributed by atoms with Gasteiger partial charge in [-0.05, 0) is 51.2 Å². The molecule has 1 aliphatic carbocycles. The van der Waals surface area contributed by atoms with Crippen LogP contribution in [0.4, 0.5) is 0 Å². The fraction of sp³-hybridized carbons (Fsp3) is 0.636. The number of hydrogen-bond donors (Lipinski definition) is 0. The van der Waals surface area contributed by atoms with Crippen LogP contribution < -0.4 is 0 Å². The van der Waals surface area contributed by atoms with Crippen LogP contribution in [0.15, 0.2) is 35.3 Å². The first-order chi connectivity index (χ1) is 13.5. The highest BCUT2D eigenvalue weighted by atomic mass is 16.3. The maximum atomic E-state index is 13.6. The molecule has 2 aromatic rings. The number of carbonyl (C=O) groups is 1. The molecule has 0 bridgehead atoms. The second kappa shape index (κ2) is 6.76. The Morgan fingerprint density at radius 1 is 1.36 bits per heavy atom. The quantitative estimate of drug-likeness (QED) is 0.769. The third kappa shape index (κ3) is 3.08. The lowest BCUT2D eigenvalue weighted by atomic mass is 9.75. The summed E-state index contributed by atoms with van der Waals surface area (Å²) in [6.45, 7) is 8.59. The summed E-state index contributed by atoms with van der Waals surface area (Å²) < 4.78 is 7.73. The van der Waals surface area contributed by atoms with E-state index in [4.69, 9.17) is 9.40 Å². The molecule has 1 saturated carbocycles. The van der Waals surface area contributed by atoms with E-state index in [0.717, 1.165) is 56.5 Å². The van der Waals surface area contributed by atoms with Crippen molar-refractivity contribution in [3.8, 4) is 0 Å². The van der Waals surface area contributed by atoms with Gasteiger partial charge in [-0.15, -0.1) is 0 Å². The number of furan rings is 1. The summed E-state index contributed by atoms with van der Waals surface area (Å²) in [7, 11) is 0. The van der Waals surface area contributed by atoms with E-state index in [2.05, 4.69) is 34.4 Å². The van der Waals surface area contributed by atoms with Gasteiger partial charge < -0.3 is 13.9 Å². The van der Waals surface area contributed by atoms with E-state index in [0.29, 0.717) is 11.9 Å². The monoisotopic (exact) mass is 382 g/mol. The van der Waals surface area contributed by atoms with Crippen LogP contribution in [0.2, 0.25) is 0 Å². The third-order valence-electron chi connectivity index (χ3n) is 6.86. The maximum absolute atomic E-state index is 13.6. The van der Waals surface area contributed by atoms with Gasteiger partial charge in [0.05, 0.1) is 30.2 Å². The molecule has 4 heterocycles. The fourth-order valence-corrected chi connectivity index (χ4v) is 5.06. The number of likely N-dealkylation sites (tertiary alicyclic amines) is 2. The van der Waals surface area contributed by atoms with Crippen LogP contribution in [-0.2, 0) is 11.3 Å². The van der Waals surface area contributed by atoms with E-state index < -0.39 is 0 Å². The molecule has 6 heteroatoms. The van der Waals surface area contributed by atoms with Gasteiger partial charge >= 0.3 is 0 Å². The van der Waals surface area contributed by atoms with Crippen LogP contribution in [0.25, 0.3) is 0 Å². The SMILES string of the molecule is CC(C)n1cnc([C@H]2CN(Cc3ccco3)C[C@@]23CCN(CC2CC2)C3=O)c1. The average molecular weight is 383 g/mol. The Balaban J connectivity index is 1.43. The summed E-state index contributed by atoms with van der Waals surface area (Å²) in [5.74, 6) is 2.20. The molecular formula is C22H30N4O2. The first-order valence-electron chi connectivity index (χ1n) is 10.6. The van der Waals surface area contributed by atoms with Crippen molar-refractivity contribution in [1.29, 1.82) is 0 Å². The Bertz CT molecular complexity index is 839. The second-order valence-corrected chi connectivity index (χ2v) is 9.24. The van der Waals surface area contributed by atoms with Crippen molar-refractivity contribution in [1.82, 2.24) is 19.4 Å². The normalized spacial score (nSPS) is 28.3. The fourth-order valence-electron chi connectivity index (χ4n) is 5.06. The topological polar surface area (TPSA) is 54.5 Å². The van der Waals surface area contributed by atoms with E-state index in [9.17, 15) is 4.79 Å². The molecule has 2 aromatic heterocycles. The first kappa shape index (κ1) is 18.0. The summed E-state index contributed by atoms with van der Waals surface area (Å²) in [6.07, 6.45) is 9.30. The largest absolute Gasteiger partial charge is 0.468 e. The van der Waals surface area contributed by atoms with Crippen molar-refractivity contribution < 1.29 is 9.21 Å². The predicted octanol–water partition coefficient (Wildman–Crippen LogP) is 3.29. The maximum Gasteiger partial charge on any atom is 0.230 e. The highest BCUT2D eigenvalue weighted by Gasteiger charge is 2.58. The van der Waals surface area contributed by atoms with Crippen LogP contribution in [-0.4, -0.2) is 51.4 Å². The molecule has 5 rings (SSSR count).